The van der Waals surface area contributed by atoms with Gasteiger partial charge in [0.2, 0.25) is 18.2 Å². The minimum atomic E-state index is -5.03. The molecule has 4 aromatic carbocycles. The Bertz CT molecular complexity index is 3580. The molecule has 89 heavy (non-hydrogen) atoms. The van der Waals surface area contributed by atoms with Gasteiger partial charge in [-0.25, -0.2) is 33.5 Å². The quantitative estimate of drug-likeness (QED) is 0.0498. The van der Waals surface area contributed by atoms with Crippen LogP contribution in [0.2, 0.25) is 10.0 Å². The Labute approximate surface area is 519 Å². The van der Waals surface area contributed by atoms with Crippen molar-refractivity contribution >= 4 is 87.7 Å². The van der Waals surface area contributed by atoms with Gasteiger partial charge in [-0.2, -0.15) is 26.3 Å². The van der Waals surface area contributed by atoms with Gasteiger partial charge in [0.1, 0.15) is 17.9 Å². The van der Waals surface area contributed by atoms with Gasteiger partial charge >= 0.3 is 24.4 Å². The van der Waals surface area contributed by atoms with E-state index in [9.17, 15) is 54.3 Å². The summed E-state index contributed by atoms with van der Waals surface area (Å²) in [6.45, 7) is 7.63. The lowest BCUT2D eigenvalue weighted by Crippen LogP contribution is -2.45. The highest BCUT2D eigenvalue weighted by Gasteiger charge is 2.39. The molecular weight excluding hydrogens is 1220 g/mol. The number of halogens is 10. The van der Waals surface area contributed by atoms with Crippen LogP contribution in [0.15, 0.2) is 122 Å². The van der Waals surface area contributed by atoms with Crippen molar-refractivity contribution < 1.29 is 65.2 Å². The van der Waals surface area contributed by atoms with Crippen LogP contribution >= 0.6 is 23.2 Å². The highest BCUT2D eigenvalue weighted by atomic mass is 35.5. The first-order chi connectivity index (χ1) is 42.6. The van der Waals surface area contributed by atoms with Crippen LogP contribution in [0, 0.1) is 0 Å². The molecule has 2 saturated carbocycles. The van der Waals surface area contributed by atoms with Gasteiger partial charge in [0.25, 0.3) is 11.8 Å². The van der Waals surface area contributed by atoms with Crippen molar-refractivity contribution in [2.75, 3.05) is 21.3 Å². The molecule has 6 unspecified atom stereocenters. The molecule has 0 bridgehead atoms. The molecule has 16 nitrogen and oxygen atoms in total. The maximum absolute atomic E-state index is 14.8. The summed E-state index contributed by atoms with van der Waals surface area (Å²) in [6.07, 6.45) is -3.05. The predicted octanol–water partition coefficient (Wildman–Crippen LogP) is 14.1. The second-order valence-corrected chi connectivity index (χ2v) is 22.6. The number of anilines is 4. The maximum Gasteiger partial charge on any atom is 0.471 e. The largest absolute Gasteiger partial charge is 0.471 e. The number of nitrogens with one attached hydrogen (secondary N) is 6. The first-order valence-corrected chi connectivity index (χ1v) is 28.8. The number of hydrogen-bond acceptors (Lipinski definition) is 12. The molecule has 4 aliphatic carbocycles. The summed E-state index contributed by atoms with van der Waals surface area (Å²) in [5, 5.41) is 17.4. The van der Waals surface area contributed by atoms with Crippen molar-refractivity contribution in [2.45, 2.75) is 140 Å². The lowest BCUT2D eigenvalue weighted by Gasteiger charge is -2.32. The van der Waals surface area contributed by atoms with E-state index in [4.69, 9.17) is 34.1 Å². The van der Waals surface area contributed by atoms with E-state index < -0.39 is 60.5 Å². The minimum absolute atomic E-state index is 0.108. The van der Waals surface area contributed by atoms with Gasteiger partial charge in [0.05, 0.1) is 33.8 Å². The molecule has 10 rings (SSSR count). The maximum atomic E-state index is 14.8. The SMILES string of the molecule is CC(C)(C)OC(=O)Nc1ccc(C(=O)NC2CC(F)CC(Nc3ncc(Cl)c(C4=CCc5ccccc54)n3)C2)cc1.O=C(NC1CC(F)CC(Nc2ncc(Cl)c(C3=CCc4ccccc43)n2)C1)c1ccc(NC(=O)C(F)(F)F)cc1.O=CC(F)(F)F.[2H]CC. The van der Waals surface area contributed by atoms with Crippen molar-refractivity contribution in [1.29, 1.82) is 0 Å². The van der Waals surface area contributed by atoms with Crippen LogP contribution < -0.4 is 31.9 Å². The second-order valence-electron chi connectivity index (χ2n) is 21.8. The van der Waals surface area contributed by atoms with E-state index in [2.05, 4.69) is 64.7 Å². The van der Waals surface area contributed by atoms with Gasteiger partial charge in [-0.05, 0) is 143 Å². The summed E-state index contributed by atoms with van der Waals surface area (Å²) >= 11 is 12.9. The average molecular weight is 1280 g/mol. The zero-order chi connectivity index (χ0) is 65.5. The van der Waals surface area contributed by atoms with Crippen LogP contribution in [0.4, 0.5) is 63.2 Å². The van der Waals surface area contributed by atoms with E-state index in [1.54, 1.807) is 63.5 Å². The van der Waals surface area contributed by atoms with Gasteiger partial charge in [-0.3, -0.25) is 24.5 Å². The number of fused-ring (bicyclic) bond motifs is 2. The molecule has 472 valence electrons. The molecule has 0 spiro atoms. The first kappa shape index (κ1) is 66.4. The van der Waals surface area contributed by atoms with Crippen molar-refractivity contribution in [2.24, 2.45) is 0 Å². The van der Waals surface area contributed by atoms with Gasteiger partial charge in [-0.15, -0.1) is 0 Å². The number of benzene rings is 4. The third kappa shape index (κ3) is 19.7. The molecule has 4 aliphatic rings. The number of nitrogens with zero attached hydrogens (tertiary/aromatic N) is 4. The van der Waals surface area contributed by atoms with Crippen LogP contribution in [-0.4, -0.2) is 105 Å². The van der Waals surface area contributed by atoms with E-state index in [0.29, 0.717) is 64.3 Å². The van der Waals surface area contributed by atoms with Crippen LogP contribution in [0.3, 0.4) is 0 Å². The van der Waals surface area contributed by atoms with Gasteiger partial charge in [-0.1, -0.05) is 97.7 Å². The molecular formula is C63H64Cl2F8N10O6. The Morgan fingerprint density at radius 1 is 0.596 bits per heavy atom. The van der Waals surface area contributed by atoms with E-state index >= 15 is 0 Å². The molecule has 0 aliphatic heterocycles. The number of carbonyl (C=O) groups excluding carboxylic acids is 5. The van der Waals surface area contributed by atoms with Crippen LogP contribution in [0.1, 0.15) is 129 Å². The molecule has 2 heterocycles. The topological polar surface area (TPSA) is 218 Å². The fourth-order valence-electron chi connectivity index (χ4n) is 10.2. The zero-order valence-electron chi connectivity index (χ0n) is 49.5. The number of hydrogen-bond donors (Lipinski definition) is 6. The molecule has 6 aromatic rings. The van der Waals surface area contributed by atoms with Crippen molar-refractivity contribution in [3.63, 3.8) is 0 Å². The Balaban J connectivity index is 0.000000226. The fourth-order valence-corrected chi connectivity index (χ4v) is 10.6. The second kappa shape index (κ2) is 30.1. The molecule has 4 amide bonds. The molecule has 6 N–H and O–H groups in total. The van der Waals surface area contributed by atoms with Crippen LogP contribution in [0.5, 0.6) is 0 Å². The van der Waals surface area contributed by atoms with E-state index in [1.807, 2.05) is 42.5 Å². The fraction of sp³-hybridized carbons (Fsp3) is 0.349. The molecule has 0 saturated heterocycles. The summed E-state index contributed by atoms with van der Waals surface area (Å²) in [4.78, 5) is 75.3. The van der Waals surface area contributed by atoms with Crippen molar-refractivity contribution in [3.8, 4) is 0 Å². The zero-order valence-corrected chi connectivity index (χ0v) is 50.0. The number of alkyl halides is 8. The van der Waals surface area contributed by atoms with Crippen LogP contribution in [-0.2, 0) is 27.2 Å². The molecule has 2 fully saturated rings. The molecule has 0 radical (unpaired) electrons. The summed E-state index contributed by atoms with van der Waals surface area (Å²) in [7, 11) is 0. The standard InChI is InChI=1S/C31H33ClFN5O3.C28H24ClF4N5O2.C2HF3O.C2H6/c1-31(2,3)41-30(40)37-21-11-8-19(9-12-21)28(39)35-22-14-20(33)15-23(16-22)36-29-34-17-26(32)27(38-29)25-13-10-18-6-4-5-7-24(18)25;29-23-14-34-27(38-24(23)22-10-7-15-3-1-2-4-21(15)22)37-20-12-17(30)11-19(13-20)35-25(39)16-5-8-18(9-6-16)36-26(40)28(31,32)33;3-2(4,5)1-6;1-2/h4-9,11-13,17,20,22-23H,10,14-16H2,1-3H3,(H,35,39)(H,37,40)(H,34,36,38);1-6,8-10,14,17,19-20H,7,11-13H2,(H,35,39)(H,36,40)(H,34,37,38);1H;1-2H3/i;;;1D. The van der Waals surface area contributed by atoms with Crippen LogP contribution in [0.25, 0.3) is 11.1 Å². The highest BCUT2D eigenvalue weighted by Crippen LogP contribution is 2.37. The number of carbonyl (C=O) groups is 5. The number of allylic oxidation sites excluding steroid dienone is 2. The Morgan fingerprint density at radius 3 is 1.36 bits per heavy atom. The number of aromatic nitrogens is 4. The first-order valence-electron chi connectivity index (χ1n) is 28.7. The monoisotopic (exact) mass is 1280 g/mol. The van der Waals surface area contributed by atoms with Crippen molar-refractivity contribution in [1.82, 2.24) is 30.6 Å². The third-order valence-electron chi connectivity index (χ3n) is 13.9. The average Bonchev–Trinajstić information content (AvgIpc) is 1.66. The summed E-state index contributed by atoms with van der Waals surface area (Å²) in [5.41, 5.74) is 7.95. The summed E-state index contributed by atoms with van der Waals surface area (Å²) in [6, 6.07) is 26.0. The third-order valence-corrected chi connectivity index (χ3v) is 14.4. The van der Waals surface area contributed by atoms with E-state index in [0.717, 1.165) is 35.1 Å². The number of amides is 4. The van der Waals surface area contributed by atoms with Gasteiger partial charge < -0.3 is 31.3 Å². The van der Waals surface area contributed by atoms with Gasteiger partial charge in [0, 0.05) is 59.2 Å². The number of ether oxygens (including phenoxy) is 1. The lowest BCUT2D eigenvalue weighted by molar-refractivity contribution is -0.167. The Kier molecular flexibility index (Phi) is 22.5. The lowest BCUT2D eigenvalue weighted by atomic mass is 9.89. The minimum Gasteiger partial charge on any atom is -0.444 e. The summed E-state index contributed by atoms with van der Waals surface area (Å²) in [5.74, 6) is -2.27. The molecule has 2 aromatic heterocycles. The summed E-state index contributed by atoms with van der Waals surface area (Å²) < 4.78 is 109. The normalized spacial score (nSPS) is 19.3. The number of aldehydes is 1. The molecule has 6 atom stereocenters. The number of rotatable bonds is 12. The smallest absolute Gasteiger partial charge is 0.444 e. The Morgan fingerprint density at radius 2 is 0.978 bits per heavy atom. The van der Waals surface area contributed by atoms with E-state index in [1.165, 1.54) is 41.6 Å². The highest BCUT2D eigenvalue weighted by molar-refractivity contribution is 6.32. The predicted molar refractivity (Wildman–Crippen MR) is 324 cm³/mol. The van der Waals surface area contributed by atoms with Gasteiger partial charge in [0.15, 0.2) is 0 Å². The van der Waals surface area contributed by atoms with Crippen molar-refractivity contribution in [3.05, 3.63) is 176 Å². The van der Waals surface area contributed by atoms with E-state index in [-0.39, 0.29) is 61.0 Å². The molecule has 26 heteroatoms. The Hall–Kier alpha value is -8.51.